The molecule has 2 aliphatic carbocycles. The first-order valence-corrected chi connectivity index (χ1v) is 5.03. The van der Waals surface area contributed by atoms with E-state index in [2.05, 4.69) is 24.3 Å². The Morgan fingerprint density at radius 3 is 1.25 bits per heavy atom. The topological polar surface area (TPSA) is 0 Å². The van der Waals surface area contributed by atoms with Gasteiger partial charge in [0.25, 0.3) is 0 Å². The second-order valence-corrected chi connectivity index (χ2v) is 4.22. The standard InChI is InChI=1S/C12H14/c1-2-10(12-7-8-12)4-3-9(1)11-5-6-11/h1-4,11-12H,5-8H2. The molecule has 1 aromatic rings. The summed E-state index contributed by atoms with van der Waals surface area (Å²) in [5.41, 5.74) is 3.14. The molecule has 0 atom stereocenters. The Hall–Kier alpha value is -0.780. The molecule has 0 spiro atoms. The third-order valence-electron chi connectivity index (χ3n) is 3.03. The van der Waals surface area contributed by atoms with Crippen LogP contribution in [0.2, 0.25) is 0 Å². The van der Waals surface area contributed by atoms with Crippen LogP contribution in [0.25, 0.3) is 0 Å². The molecule has 3 rings (SSSR count). The average Bonchev–Trinajstić information content (AvgIpc) is 2.98. The second-order valence-electron chi connectivity index (χ2n) is 4.22. The molecule has 0 bridgehead atoms. The summed E-state index contributed by atoms with van der Waals surface area (Å²) in [6.07, 6.45) is 5.68. The van der Waals surface area contributed by atoms with Crippen molar-refractivity contribution in [3.05, 3.63) is 35.4 Å². The van der Waals surface area contributed by atoms with Crippen LogP contribution in [0.1, 0.15) is 48.6 Å². The zero-order valence-electron chi connectivity index (χ0n) is 7.29. The van der Waals surface area contributed by atoms with Gasteiger partial charge in [0, 0.05) is 0 Å². The van der Waals surface area contributed by atoms with Gasteiger partial charge in [0.1, 0.15) is 0 Å². The highest BCUT2D eigenvalue weighted by atomic mass is 14.3. The third-order valence-corrected chi connectivity index (χ3v) is 3.03. The lowest BCUT2D eigenvalue weighted by atomic mass is 10.1. The first kappa shape index (κ1) is 6.71. The molecule has 0 heterocycles. The summed E-state index contributed by atoms with van der Waals surface area (Å²) >= 11 is 0. The highest BCUT2D eigenvalue weighted by molar-refractivity contribution is 5.31. The summed E-state index contributed by atoms with van der Waals surface area (Å²) in [7, 11) is 0. The van der Waals surface area contributed by atoms with Crippen LogP contribution < -0.4 is 0 Å². The van der Waals surface area contributed by atoms with Gasteiger partial charge < -0.3 is 0 Å². The molecule has 0 N–H and O–H groups in total. The number of benzene rings is 1. The van der Waals surface area contributed by atoms with Crippen molar-refractivity contribution in [1.29, 1.82) is 0 Å². The lowest BCUT2D eigenvalue weighted by Gasteiger charge is -2.00. The SMILES string of the molecule is c1cc(C2CC2)ccc1C1CC1. The molecule has 2 fully saturated rings. The average molecular weight is 158 g/mol. The Morgan fingerprint density at radius 2 is 1.00 bits per heavy atom. The Morgan fingerprint density at radius 1 is 0.667 bits per heavy atom. The molecule has 2 aliphatic rings. The monoisotopic (exact) mass is 158 g/mol. The van der Waals surface area contributed by atoms with Crippen LogP contribution in [-0.4, -0.2) is 0 Å². The first-order chi connectivity index (χ1) is 5.93. The van der Waals surface area contributed by atoms with Gasteiger partial charge in [0.15, 0.2) is 0 Å². The minimum absolute atomic E-state index is 0.915. The van der Waals surface area contributed by atoms with Crippen molar-refractivity contribution in [2.75, 3.05) is 0 Å². The highest BCUT2D eigenvalue weighted by Crippen LogP contribution is 2.43. The fraction of sp³-hybridized carbons (Fsp3) is 0.500. The Bertz CT molecular complexity index is 244. The van der Waals surface area contributed by atoms with E-state index >= 15 is 0 Å². The van der Waals surface area contributed by atoms with Crippen LogP contribution in [0.15, 0.2) is 24.3 Å². The zero-order chi connectivity index (χ0) is 7.97. The molecule has 0 amide bonds. The molecule has 0 nitrogen and oxygen atoms in total. The smallest absolute Gasteiger partial charge is 0.0162 e. The van der Waals surface area contributed by atoms with Gasteiger partial charge in [-0.2, -0.15) is 0 Å². The van der Waals surface area contributed by atoms with Gasteiger partial charge in [-0.1, -0.05) is 24.3 Å². The minimum Gasteiger partial charge on any atom is -0.0585 e. The van der Waals surface area contributed by atoms with Crippen molar-refractivity contribution in [3.63, 3.8) is 0 Å². The van der Waals surface area contributed by atoms with Crippen LogP contribution in [0.3, 0.4) is 0 Å². The van der Waals surface area contributed by atoms with Crippen molar-refractivity contribution >= 4 is 0 Å². The molecule has 0 unspecified atom stereocenters. The molecule has 62 valence electrons. The van der Waals surface area contributed by atoms with Crippen LogP contribution >= 0.6 is 0 Å². The molecular formula is C12H14. The molecule has 0 aliphatic heterocycles. The predicted octanol–water partition coefficient (Wildman–Crippen LogP) is 3.44. The Balaban J connectivity index is 1.86. The molecule has 0 saturated heterocycles. The van der Waals surface area contributed by atoms with Gasteiger partial charge >= 0.3 is 0 Å². The van der Waals surface area contributed by atoms with E-state index in [9.17, 15) is 0 Å². The molecule has 2 saturated carbocycles. The van der Waals surface area contributed by atoms with Gasteiger partial charge in [0.2, 0.25) is 0 Å². The van der Waals surface area contributed by atoms with Crippen LogP contribution in [0.4, 0.5) is 0 Å². The van der Waals surface area contributed by atoms with Crippen molar-refractivity contribution in [2.24, 2.45) is 0 Å². The third kappa shape index (κ3) is 1.16. The van der Waals surface area contributed by atoms with Crippen molar-refractivity contribution in [3.8, 4) is 0 Å². The maximum absolute atomic E-state index is 2.34. The molecule has 1 aromatic carbocycles. The van der Waals surface area contributed by atoms with Crippen LogP contribution in [0.5, 0.6) is 0 Å². The second kappa shape index (κ2) is 2.35. The normalized spacial score (nSPS) is 22.7. The van der Waals surface area contributed by atoms with E-state index in [-0.39, 0.29) is 0 Å². The maximum Gasteiger partial charge on any atom is -0.0162 e. The predicted molar refractivity (Wildman–Crippen MR) is 50.4 cm³/mol. The highest BCUT2D eigenvalue weighted by Gasteiger charge is 2.25. The Labute approximate surface area is 73.6 Å². The molecular weight excluding hydrogens is 144 g/mol. The lowest BCUT2D eigenvalue weighted by Crippen LogP contribution is -1.81. The molecule has 12 heavy (non-hydrogen) atoms. The summed E-state index contributed by atoms with van der Waals surface area (Å²) in [6, 6.07) is 9.35. The van der Waals surface area contributed by atoms with Gasteiger partial charge in [-0.15, -0.1) is 0 Å². The fourth-order valence-electron chi connectivity index (χ4n) is 1.87. The summed E-state index contributed by atoms with van der Waals surface area (Å²) < 4.78 is 0. The zero-order valence-corrected chi connectivity index (χ0v) is 7.29. The maximum atomic E-state index is 2.34. The van der Waals surface area contributed by atoms with Crippen LogP contribution in [-0.2, 0) is 0 Å². The van der Waals surface area contributed by atoms with E-state index < -0.39 is 0 Å². The summed E-state index contributed by atoms with van der Waals surface area (Å²) in [6.45, 7) is 0. The molecule has 0 radical (unpaired) electrons. The van der Waals surface area contributed by atoms with Crippen molar-refractivity contribution in [2.45, 2.75) is 37.5 Å². The van der Waals surface area contributed by atoms with Gasteiger partial charge in [-0.05, 0) is 48.6 Å². The number of hydrogen-bond donors (Lipinski definition) is 0. The van der Waals surface area contributed by atoms with E-state index in [4.69, 9.17) is 0 Å². The van der Waals surface area contributed by atoms with Gasteiger partial charge in [-0.3, -0.25) is 0 Å². The van der Waals surface area contributed by atoms with E-state index in [0.717, 1.165) is 11.8 Å². The first-order valence-electron chi connectivity index (χ1n) is 5.03. The quantitative estimate of drug-likeness (QED) is 0.618. The minimum atomic E-state index is 0.915. The largest absolute Gasteiger partial charge is 0.0585 e. The molecule has 0 aromatic heterocycles. The van der Waals surface area contributed by atoms with Crippen LogP contribution in [0, 0.1) is 0 Å². The summed E-state index contributed by atoms with van der Waals surface area (Å²) in [5.74, 6) is 1.83. The van der Waals surface area contributed by atoms with E-state index in [0.29, 0.717) is 0 Å². The van der Waals surface area contributed by atoms with E-state index in [1.54, 1.807) is 11.1 Å². The number of rotatable bonds is 2. The molecule has 0 heteroatoms. The van der Waals surface area contributed by atoms with Gasteiger partial charge in [-0.25, -0.2) is 0 Å². The Kier molecular flexibility index (Phi) is 1.31. The van der Waals surface area contributed by atoms with Crippen molar-refractivity contribution in [1.82, 2.24) is 0 Å². The number of hydrogen-bond acceptors (Lipinski definition) is 0. The van der Waals surface area contributed by atoms with E-state index in [1.165, 1.54) is 25.7 Å². The summed E-state index contributed by atoms with van der Waals surface area (Å²) in [4.78, 5) is 0. The van der Waals surface area contributed by atoms with Crippen molar-refractivity contribution < 1.29 is 0 Å². The lowest BCUT2D eigenvalue weighted by molar-refractivity contribution is 1.09. The fourth-order valence-corrected chi connectivity index (χ4v) is 1.87. The van der Waals surface area contributed by atoms with Gasteiger partial charge in [0.05, 0.1) is 0 Å². The summed E-state index contributed by atoms with van der Waals surface area (Å²) in [5, 5.41) is 0. The van der Waals surface area contributed by atoms with E-state index in [1.807, 2.05) is 0 Å².